The van der Waals surface area contributed by atoms with Gasteiger partial charge in [0.05, 0.1) is 18.8 Å². The van der Waals surface area contributed by atoms with Crippen molar-refractivity contribution in [2.45, 2.75) is 37.8 Å². The minimum atomic E-state index is -0.776. The maximum absolute atomic E-state index is 5.77. The Bertz CT molecular complexity index is 199. The lowest BCUT2D eigenvalue weighted by atomic mass is 10.0. The number of hydrogen-bond donors (Lipinski definition) is 0. The Labute approximate surface area is 83.3 Å². The second-order valence-corrected chi connectivity index (χ2v) is 4.29. The van der Waals surface area contributed by atoms with Crippen molar-refractivity contribution in [1.29, 1.82) is 0 Å². The maximum Gasteiger partial charge on any atom is 0.283 e. The highest BCUT2D eigenvalue weighted by atomic mass is 35.5. The molecule has 2 aliphatic rings. The van der Waals surface area contributed by atoms with E-state index in [1.54, 1.807) is 0 Å². The average molecular weight is 207 g/mol. The van der Waals surface area contributed by atoms with Gasteiger partial charge in [-0.1, -0.05) is 0 Å². The molecular weight excluding hydrogens is 192 g/mol. The van der Waals surface area contributed by atoms with E-state index < -0.39 is 5.97 Å². The minimum Gasteiger partial charge on any atom is -0.327 e. The highest BCUT2D eigenvalue weighted by molar-refractivity contribution is 6.17. The van der Waals surface area contributed by atoms with Crippen molar-refractivity contribution in [3.05, 3.63) is 0 Å². The standard InChI is InChI=1S/C9H15ClO3/c1-8-4-6-11-9(13-8,12-7-8)3-2-5-10/h2-7H2,1H3. The van der Waals surface area contributed by atoms with Crippen molar-refractivity contribution < 1.29 is 14.2 Å². The molecule has 2 aliphatic heterocycles. The van der Waals surface area contributed by atoms with Crippen molar-refractivity contribution in [1.82, 2.24) is 0 Å². The van der Waals surface area contributed by atoms with Crippen molar-refractivity contribution in [2.75, 3.05) is 19.1 Å². The second kappa shape index (κ2) is 3.39. The van der Waals surface area contributed by atoms with Gasteiger partial charge in [-0.15, -0.1) is 11.6 Å². The molecule has 0 aromatic heterocycles. The molecule has 0 aromatic carbocycles. The van der Waals surface area contributed by atoms with Crippen molar-refractivity contribution >= 4 is 11.6 Å². The van der Waals surface area contributed by atoms with Crippen LogP contribution < -0.4 is 0 Å². The average Bonchev–Trinajstić information content (AvgIpc) is 2.35. The molecule has 0 radical (unpaired) electrons. The van der Waals surface area contributed by atoms with E-state index in [2.05, 4.69) is 6.92 Å². The first-order valence-corrected chi connectivity index (χ1v) is 5.26. The fourth-order valence-electron chi connectivity index (χ4n) is 1.79. The predicted molar refractivity (Wildman–Crippen MR) is 48.7 cm³/mol. The summed E-state index contributed by atoms with van der Waals surface area (Å²) in [5.41, 5.74) is -0.134. The van der Waals surface area contributed by atoms with Crippen LogP contribution in [-0.2, 0) is 14.2 Å². The van der Waals surface area contributed by atoms with Crippen molar-refractivity contribution in [2.24, 2.45) is 0 Å². The molecule has 2 unspecified atom stereocenters. The fourth-order valence-corrected chi connectivity index (χ4v) is 1.93. The van der Waals surface area contributed by atoms with Crippen molar-refractivity contribution in [3.8, 4) is 0 Å². The maximum atomic E-state index is 5.77. The molecule has 0 N–H and O–H groups in total. The van der Waals surface area contributed by atoms with E-state index in [9.17, 15) is 0 Å². The summed E-state index contributed by atoms with van der Waals surface area (Å²) in [6, 6.07) is 0. The molecule has 2 fully saturated rings. The monoisotopic (exact) mass is 206 g/mol. The van der Waals surface area contributed by atoms with Crippen LogP contribution in [0.3, 0.4) is 0 Å². The van der Waals surface area contributed by atoms with Crippen LogP contribution in [0.1, 0.15) is 26.2 Å². The van der Waals surface area contributed by atoms with Gasteiger partial charge in [-0.25, -0.2) is 0 Å². The molecule has 2 heterocycles. The molecule has 4 heteroatoms. The number of rotatable bonds is 3. The highest BCUT2D eigenvalue weighted by Crippen LogP contribution is 2.41. The minimum absolute atomic E-state index is 0.134. The zero-order valence-corrected chi connectivity index (χ0v) is 8.60. The number of hydrogen-bond acceptors (Lipinski definition) is 3. The predicted octanol–water partition coefficient (Wildman–Crippen LogP) is 1.89. The molecule has 0 amide bonds. The molecule has 2 saturated heterocycles. The van der Waals surface area contributed by atoms with E-state index in [0.29, 0.717) is 12.5 Å². The molecule has 0 saturated carbocycles. The third-order valence-corrected chi connectivity index (χ3v) is 2.84. The molecule has 0 spiro atoms. The van der Waals surface area contributed by atoms with Gasteiger partial charge in [-0.2, -0.15) is 0 Å². The van der Waals surface area contributed by atoms with Gasteiger partial charge >= 0.3 is 0 Å². The van der Waals surface area contributed by atoms with Crippen LogP contribution in [0.4, 0.5) is 0 Å². The van der Waals surface area contributed by atoms with Gasteiger partial charge in [0.2, 0.25) is 0 Å². The molecule has 2 rings (SSSR count). The Balaban J connectivity index is 1.99. The van der Waals surface area contributed by atoms with Gasteiger partial charge in [0.15, 0.2) is 0 Å². The molecule has 2 atom stereocenters. The summed E-state index contributed by atoms with van der Waals surface area (Å²) < 4.78 is 16.9. The molecule has 76 valence electrons. The first-order chi connectivity index (χ1) is 6.18. The van der Waals surface area contributed by atoms with E-state index in [-0.39, 0.29) is 5.60 Å². The van der Waals surface area contributed by atoms with E-state index in [1.807, 2.05) is 0 Å². The Kier molecular flexibility index (Phi) is 2.53. The molecule has 3 nitrogen and oxygen atoms in total. The summed E-state index contributed by atoms with van der Waals surface area (Å²) >= 11 is 5.62. The van der Waals surface area contributed by atoms with Crippen LogP contribution in [-0.4, -0.2) is 30.7 Å². The van der Waals surface area contributed by atoms with Gasteiger partial charge in [0, 0.05) is 18.7 Å². The largest absolute Gasteiger partial charge is 0.327 e. The van der Waals surface area contributed by atoms with Crippen LogP contribution in [0.15, 0.2) is 0 Å². The van der Waals surface area contributed by atoms with E-state index in [0.717, 1.165) is 25.9 Å². The first kappa shape index (κ1) is 9.71. The molecule has 13 heavy (non-hydrogen) atoms. The zero-order chi connectivity index (χ0) is 9.36. The number of fused-ring (bicyclic) bond motifs is 2. The van der Waals surface area contributed by atoms with E-state index in [4.69, 9.17) is 25.8 Å². The fraction of sp³-hybridized carbons (Fsp3) is 1.00. The smallest absolute Gasteiger partial charge is 0.283 e. The topological polar surface area (TPSA) is 27.7 Å². The van der Waals surface area contributed by atoms with Gasteiger partial charge in [-0.3, -0.25) is 0 Å². The van der Waals surface area contributed by atoms with Crippen LogP contribution >= 0.6 is 11.6 Å². The van der Waals surface area contributed by atoms with Crippen LogP contribution in [0.25, 0.3) is 0 Å². The van der Waals surface area contributed by atoms with Gasteiger partial charge in [0.1, 0.15) is 0 Å². The summed E-state index contributed by atoms with van der Waals surface area (Å²) in [6.07, 6.45) is 2.50. The van der Waals surface area contributed by atoms with Crippen molar-refractivity contribution in [3.63, 3.8) is 0 Å². The quantitative estimate of drug-likeness (QED) is 0.660. The first-order valence-electron chi connectivity index (χ1n) is 4.72. The SMILES string of the molecule is CC12CCOC(CCCCl)(OC1)O2. The Morgan fingerprint density at radius 2 is 2.23 bits per heavy atom. The summed E-state index contributed by atoms with van der Waals surface area (Å²) in [4.78, 5) is 0. The second-order valence-electron chi connectivity index (χ2n) is 3.91. The summed E-state index contributed by atoms with van der Waals surface area (Å²) in [5, 5.41) is 0. The number of alkyl halides is 1. The van der Waals surface area contributed by atoms with Gasteiger partial charge in [-0.05, 0) is 13.3 Å². The molecule has 0 aromatic rings. The molecule has 0 aliphatic carbocycles. The van der Waals surface area contributed by atoms with Gasteiger partial charge in [0.25, 0.3) is 5.97 Å². The summed E-state index contributed by atoms with van der Waals surface area (Å²) in [5.74, 6) is -0.156. The molecule has 2 bridgehead atoms. The van der Waals surface area contributed by atoms with Crippen LogP contribution in [0, 0.1) is 0 Å². The lowest BCUT2D eigenvalue weighted by Crippen LogP contribution is -2.43. The normalized spacial score (nSPS) is 43.8. The molecular formula is C9H15ClO3. The lowest BCUT2D eigenvalue weighted by Gasteiger charge is -2.35. The Morgan fingerprint density at radius 1 is 1.38 bits per heavy atom. The Hall–Kier alpha value is 0.170. The van der Waals surface area contributed by atoms with Crippen LogP contribution in [0.5, 0.6) is 0 Å². The van der Waals surface area contributed by atoms with E-state index >= 15 is 0 Å². The zero-order valence-electron chi connectivity index (χ0n) is 7.85. The third kappa shape index (κ3) is 1.84. The summed E-state index contributed by atoms with van der Waals surface area (Å²) in [7, 11) is 0. The third-order valence-electron chi connectivity index (χ3n) is 2.57. The number of halogens is 1. The summed E-state index contributed by atoms with van der Waals surface area (Å²) in [6.45, 7) is 3.42. The lowest BCUT2D eigenvalue weighted by molar-refractivity contribution is -0.369. The Morgan fingerprint density at radius 3 is 3.00 bits per heavy atom. The highest BCUT2D eigenvalue weighted by Gasteiger charge is 2.52. The van der Waals surface area contributed by atoms with Crippen LogP contribution in [0.2, 0.25) is 0 Å². The number of ether oxygens (including phenoxy) is 3. The van der Waals surface area contributed by atoms with Gasteiger partial charge < -0.3 is 14.2 Å². The van der Waals surface area contributed by atoms with E-state index in [1.165, 1.54) is 0 Å².